The first-order valence-electron chi connectivity index (χ1n) is 9.56. The van der Waals surface area contributed by atoms with Crippen molar-refractivity contribution in [1.82, 2.24) is 15.1 Å². The summed E-state index contributed by atoms with van der Waals surface area (Å²) in [6.45, 7) is 5.56. The van der Waals surface area contributed by atoms with E-state index in [-0.39, 0.29) is 17.9 Å². The van der Waals surface area contributed by atoms with Gasteiger partial charge < -0.3 is 15.1 Å². The largest absolute Gasteiger partial charge is 0.343 e. The van der Waals surface area contributed by atoms with E-state index in [0.29, 0.717) is 12.3 Å². The molecule has 2 heterocycles. The van der Waals surface area contributed by atoms with Gasteiger partial charge in [0.1, 0.15) is 0 Å². The van der Waals surface area contributed by atoms with Gasteiger partial charge in [0, 0.05) is 51.1 Å². The highest BCUT2D eigenvalue weighted by atomic mass is 35.5. The molecule has 1 aromatic carbocycles. The van der Waals surface area contributed by atoms with Crippen LogP contribution in [0, 0.1) is 5.92 Å². The molecule has 142 valence electrons. The van der Waals surface area contributed by atoms with E-state index in [1.54, 1.807) is 6.92 Å². The van der Waals surface area contributed by atoms with Crippen molar-refractivity contribution >= 4 is 23.4 Å². The van der Waals surface area contributed by atoms with Crippen LogP contribution >= 0.6 is 11.6 Å². The Morgan fingerprint density at radius 1 is 1.19 bits per heavy atom. The maximum atomic E-state index is 12.9. The molecule has 0 aliphatic carbocycles. The third kappa shape index (κ3) is 4.57. The third-order valence-corrected chi connectivity index (χ3v) is 6.00. The standard InChI is InChI=1S/C20H28ClN3O2/c1-15(25)23-11-8-16(9-12-23)6-7-20(26)24-13-10-22-14-19(24)17-4-2-3-5-18(17)21/h2-5,16,19,22H,6-14H2,1H3. The molecule has 6 heteroatoms. The van der Waals surface area contributed by atoms with E-state index >= 15 is 0 Å². The second-order valence-electron chi connectivity index (χ2n) is 7.32. The Balaban J connectivity index is 1.56. The molecule has 2 aliphatic heterocycles. The lowest BCUT2D eigenvalue weighted by atomic mass is 9.91. The molecule has 1 N–H and O–H groups in total. The number of hydrogen-bond acceptors (Lipinski definition) is 3. The quantitative estimate of drug-likeness (QED) is 0.877. The van der Waals surface area contributed by atoms with Crippen LogP contribution in [0.4, 0.5) is 0 Å². The number of amides is 2. The maximum absolute atomic E-state index is 12.9. The lowest BCUT2D eigenvalue weighted by molar-refractivity contribution is -0.135. The molecular weight excluding hydrogens is 350 g/mol. The van der Waals surface area contributed by atoms with Gasteiger partial charge in [-0.25, -0.2) is 0 Å². The lowest BCUT2D eigenvalue weighted by Gasteiger charge is -2.37. The Morgan fingerprint density at radius 2 is 1.92 bits per heavy atom. The summed E-state index contributed by atoms with van der Waals surface area (Å²) in [5.74, 6) is 0.907. The first kappa shape index (κ1) is 19.2. The highest BCUT2D eigenvalue weighted by molar-refractivity contribution is 6.31. The summed E-state index contributed by atoms with van der Waals surface area (Å²) in [6.07, 6.45) is 3.49. The van der Waals surface area contributed by atoms with Gasteiger partial charge in [-0.05, 0) is 36.8 Å². The van der Waals surface area contributed by atoms with Crippen LogP contribution in [-0.2, 0) is 9.59 Å². The number of nitrogens with zero attached hydrogens (tertiary/aromatic N) is 2. The Labute approximate surface area is 160 Å². The molecule has 2 aliphatic rings. The van der Waals surface area contributed by atoms with Crippen LogP contribution in [-0.4, -0.2) is 54.3 Å². The summed E-state index contributed by atoms with van der Waals surface area (Å²) in [7, 11) is 0. The van der Waals surface area contributed by atoms with E-state index in [9.17, 15) is 9.59 Å². The monoisotopic (exact) mass is 377 g/mol. The Hall–Kier alpha value is -1.59. The van der Waals surface area contributed by atoms with Crippen LogP contribution in [0.15, 0.2) is 24.3 Å². The molecule has 2 amide bonds. The minimum absolute atomic E-state index is 0.00418. The molecule has 1 unspecified atom stereocenters. The second kappa shape index (κ2) is 8.87. The molecule has 26 heavy (non-hydrogen) atoms. The number of hydrogen-bond donors (Lipinski definition) is 1. The number of benzene rings is 1. The first-order chi connectivity index (χ1) is 12.6. The summed E-state index contributed by atoms with van der Waals surface area (Å²) >= 11 is 6.37. The Morgan fingerprint density at radius 3 is 2.62 bits per heavy atom. The number of likely N-dealkylation sites (tertiary alicyclic amines) is 1. The topological polar surface area (TPSA) is 52.7 Å². The highest BCUT2D eigenvalue weighted by Gasteiger charge is 2.29. The van der Waals surface area contributed by atoms with Crippen molar-refractivity contribution in [1.29, 1.82) is 0 Å². The summed E-state index contributed by atoms with van der Waals surface area (Å²) < 4.78 is 0. The zero-order valence-electron chi connectivity index (χ0n) is 15.4. The van der Waals surface area contributed by atoms with Gasteiger partial charge in [-0.2, -0.15) is 0 Å². The first-order valence-corrected chi connectivity index (χ1v) is 9.94. The summed E-state index contributed by atoms with van der Waals surface area (Å²) in [4.78, 5) is 28.2. The summed E-state index contributed by atoms with van der Waals surface area (Å²) in [6, 6.07) is 7.79. The Kier molecular flexibility index (Phi) is 6.54. The molecular formula is C20H28ClN3O2. The SMILES string of the molecule is CC(=O)N1CCC(CCC(=O)N2CCNCC2c2ccccc2Cl)CC1. The van der Waals surface area contributed by atoms with Gasteiger partial charge >= 0.3 is 0 Å². The maximum Gasteiger partial charge on any atom is 0.223 e. The fourth-order valence-corrected chi connectivity index (χ4v) is 4.30. The van der Waals surface area contributed by atoms with Gasteiger partial charge in [0.05, 0.1) is 6.04 Å². The van der Waals surface area contributed by atoms with Crippen LogP contribution in [0.3, 0.4) is 0 Å². The molecule has 0 bridgehead atoms. The van der Waals surface area contributed by atoms with Crippen molar-refractivity contribution in [3.8, 4) is 0 Å². The van der Waals surface area contributed by atoms with E-state index in [2.05, 4.69) is 5.32 Å². The number of piperazine rings is 1. The number of rotatable bonds is 4. The van der Waals surface area contributed by atoms with Crippen LogP contribution in [0.25, 0.3) is 0 Å². The molecule has 1 aromatic rings. The number of carbonyl (C=O) groups is 2. The van der Waals surface area contributed by atoms with E-state index < -0.39 is 0 Å². The number of nitrogens with one attached hydrogen (secondary N) is 1. The molecule has 2 fully saturated rings. The van der Waals surface area contributed by atoms with Crippen molar-refractivity contribution in [2.75, 3.05) is 32.7 Å². The number of piperidine rings is 1. The van der Waals surface area contributed by atoms with Gasteiger partial charge in [-0.15, -0.1) is 0 Å². The van der Waals surface area contributed by atoms with Gasteiger partial charge in [0.25, 0.3) is 0 Å². The summed E-state index contributed by atoms with van der Waals surface area (Å²) in [5.41, 5.74) is 1.02. The average molecular weight is 378 g/mol. The average Bonchev–Trinajstić information content (AvgIpc) is 2.67. The van der Waals surface area contributed by atoms with Crippen LogP contribution < -0.4 is 5.32 Å². The fourth-order valence-electron chi connectivity index (χ4n) is 4.03. The smallest absolute Gasteiger partial charge is 0.223 e. The molecule has 0 saturated carbocycles. The summed E-state index contributed by atoms with van der Waals surface area (Å²) in [5, 5.41) is 4.09. The van der Waals surface area contributed by atoms with Gasteiger partial charge in [-0.3, -0.25) is 9.59 Å². The minimum Gasteiger partial charge on any atom is -0.343 e. The molecule has 3 rings (SSSR count). The van der Waals surface area contributed by atoms with Crippen molar-refractivity contribution in [3.63, 3.8) is 0 Å². The zero-order valence-corrected chi connectivity index (χ0v) is 16.2. The predicted molar refractivity (Wildman–Crippen MR) is 103 cm³/mol. The van der Waals surface area contributed by atoms with Crippen molar-refractivity contribution < 1.29 is 9.59 Å². The van der Waals surface area contributed by atoms with Gasteiger partial charge in [0.15, 0.2) is 0 Å². The third-order valence-electron chi connectivity index (χ3n) is 5.65. The van der Waals surface area contributed by atoms with E-state index in [1.807, 2.05) is 34.1 Å². The normalized spacial score (nSPS) is 21.7. The van der Waals surface area contributed by atoms with Crippen molar-refractivity contribution in [3.05, 3.63) is 34.9 Å². The minimum atomic E-state index is 0.00418. The van der Waals surface area contributed by atoms with Crippen molar-refractivity contribution in [2.45, 2.75) is 38.6 Å². The molecule has 1 atom stereocenters. The van der Waals surface area contributed by atoms with Crippen molar-refractivity contribution in [2.24, 2.45) is 5.92 Å². The lowest BCUT2D eigenvalue weighted by Crippen LogP contribution is -2.48. The van der Waals surface area contributed by atoms with E-state index in [0.717, 1.165) is 62.6 Å². The van der Waals surface area contributed by atoms with Crippen LogP contribution in [0.5, 0.6) is 0 Å². The molecule has 2 saturated heterocycles. The number of halogens is 1. The Bertz CT molecular complexity index is 644. The molecule has 0 aromatic heterocycles. The molecule has 5 nitrogen and oxygen atoms in total. The van der Waals surface area contributed by atoms with E-state index in [1.165, 1.54) is 0 Å². The van der Waals surface area contributed by atoms with Crippen LogP contribution in [0.2, 0.25) is 5.02 Å². The molecule has 0 radical (unpaired) electrons. The predicted octanol–water partition coefficient (Wildman–Crippen LogP) is 2.85. The van der Waals surface area contributed by atoms with Gasteiger partial charge in [-0.1, -0.05) is 29.8 Å². The zero-order chi connectivity index (χ0) is 18.5. The molecule has 0 spiro atoms. The number of carbonyl (C=O) groups excluding carboxylic acids is 2. The highest BCUT2D eigenvalue weighted by Crippen LogP contribution is 2.30. The second-order valence-corrected chi connectivity index (χ2v) is 7.72. The van der Waals surface area contributed by atoms with Gasteiger partial charge in [0.2, 0.25) is 11.8 Å². The fraction of sp³-hybridized carbons (Fsp3) is 0.600. The van der Waals surface area contributed by atoms with E-state index in [4.69, 9.17) is 11.6 Å². The van der Waals surface area contributed by atoms with Crippen LogP contribution in [0.1, 0.15) is 44.2 Å².